The number of carbonyl (C=O) groups is 1. The fraction of sp³-hybridized carbons (Fsp3) is 0.214. The summed E-state index contributed by atoms with van der Waals surface area (Å²) in [6.07, 6.45) is -4.36. The van der Waals surface area contributed by atoms with Crippen LogP contribution >= 0.6 is 0 Å². The van der Waals surface area contributed by atoms with Gasteiger partial charge >= 0.3 is 6.18 Å². The second-order valence-electron chi connectivity index (χ2n) is 3.95. The molecule has 2 rings (SSSR count). The van der Waals surface area contributed by atoms with Crippen LogP contribution in [-0.2, 0) is 6.18 Å². The molecule has 0 amide bonds. The maximum Gasteiger partial charge on any atom is 0.435 e. The van der Waals surface area contributed by atoms with Gasteiger partial charge in [-0.1, -0.05) is 26.0 Å². The number of aromatic nitrogens is 2. The fourth-order valence-electron chi connectivity index (χ4n) is 1.63. The third kappa shape index (κ3) is 3.72. The molecule has 0 unspecified atom stereocenters. The van der Waals surface area contributed by atoms with Crippen LogP contribution < -0.4 is 5.73 Å². The van der Waals surface area contributed by atoms with Crippen molar-refractivity contribution in [1.29, 1.82) is 5.41 Å². The average molecular weight is 312 g/mol. The van der Waals surface area contributed by atoms with Gasteiger partial charge in [-0.3, -0.25) is 10.2 Å². The first-order valence-electron chi connectivity index (χ1n) is 6.40. The summed E-state index contributed by atoms with van der Waals surface area (Å²) in [5.74, 6) is -0.234. The maximum absolute atomic E-state index is 12.6. The number of amidine groups is 1. The van der Waals surface area contributed by atoms with Gasteiger partial charge in [-0.05, 0) is 18.2 Å². The van der Waals surface area contributed by atoms with Crippen LogP contribution in [0.1, 0.15) is 35.6 Å². The molecule has 0 aliphatic heterocycles. The molecule has 22 heavy (non-hydrogen) atoms. The van der Waals surface area contributed by atoms with Crippen molar-refractivity contribution in [2.24, 2.45) is 5.73 Å². The van der Waals surface area contributed by atoms with Crippen molar-refractivity contribution in [2.45, 2.75) is 20.0 Å². The molecule has 8 heteroatoms. The highest BCUT2D eigenvalue weighted by Gasteiger charge is 2.35. The molecular formula is C14H15F3N4O. The van der Waals surface area contributed by atoms with Crippen molar-refractivity contribution >= 4 is 12.1 Å². The Balaban J connectivity index is 0.00000116. The van der Waals surface area contributed by atoms with Gasteiger partial charge in [0.25, 0.3) is 0 Å². The van der Waals surface area contributed by atoms with Gasteiger partial charge in [0.2, 0.25) is 0 Å². The summed E-state index contributed by atoms with van der Waals surface area (Å²) in [6, 6.07) is 6.54. The van der Waals surface area contributed by atoms with Crippen LogP contribution in [0.3, 0.4) is 0 Å². The summed E-state index contributed by atoms with van der Waals surface area (Å²) in [4.78, 5) is 10.9. The van der Waals surface area contributed by atoms with Crippen molar-refractivity contribution in [1.82, 2.24) is 9.78 Å². The Morgan fingerprint density at radius 3 is 2.45 bits per heavy atom. The lowest BCUT2D eigenvalue weighted by Gasteiger charge is -2.06. The zero-order chi connectivity index (χ0) is 16.9. The number of nitrogen functional groups attached to an aromatic ring is 1. The number of nitrogens with one attached hydrogen (secondary N) is 1. The number of hydrogen-bond acceptors (Lipinski definition) is 3. The van der Waals surface area contributed by atoms with E-state index in [0.717, 1.165) is 4.68 Å². The maximum atomic E-state index is 12.6. The molecule has 118 valence electrons. The van der Waals surface area contributed by atoms with E-state index in [1.54, 1.807) is 0 Å². The highest BCUT2D eigenvalue weighted by molar-refractivity contribution is 5.95. The lowest BCUT2D eigenvalue weighted by molar-refractivity contribution is -0.141. The minimum atomic E-state index is -4.64. The monoisotopic (exact) mass is 312 g/mol. The largest absolute Gasteiger partial charge is 0.435 e. The normalized spacial score (nSPS) is 10.6. The molecule has 1 heterocycles. The first-order chi connectivity index (χ1) is 10.3. The van der Waals surface area contributed by atoms with Gasteiger partial charge in [-0.25, -0.2) is 4.68 Å². The van der Waals surface area contributed by atoms with Crippen LogP contribution in [0.4, 0.5) is 13.2 Å². The van der Waals surface area contributed by atoms with Gasteiger partial charge in [0.15, 0.2) is 12.0 Å². The van der Waals surface area contributed by atoms with Gasteiger partial charge < -0.3 is 5.73 Å². The van der Waals surface area contributed by atoms with Crippen LogP contribution in [0.2, 0.25) is 0 Å². The third-order valence-electron chi connectivity index (χ3n) is 2.55. The second-order valence-corrected chi connectivity index (χ2v) is 3.95. The summed E-state index contributed by atoms with van der Waals surface area (Å²) >= 11 is 0. The molecule has 0 bridgehead atoms. The number of nitrogens with zero attached hydrogens (tertiary/aromatic N) is 2. The van der Waals surface area contributed by atoms with Crippen LogP contribution in [0.25, 0.3) is 5.69 Å². The smallest absolute Gasteiger partial charge is 0.384 e. The number of benzene rings is 1. The van der Waals surface area contributed by atoms with E-state index in [9.17, 15) is 18.0 Å². The Bertz CT molecular complexity index is 677. The van der Waals surface area contributed by atoms with E-state index in [-0.39, 0.29) is 23.5 Å². The second kappa shape index (κ2) is 6.88. The first kappa shape index (κ1) is 17.4. The van der Waals surface area contributed by atoms with E-state index in [2.05, 4.69) is 5.10 Å². The molecule has 0 spiro atoms. The lowest BCUT2D eigenvalue weighted by Crippen LogP contribution is -2.12. The van der Waals surface area contributed by atoms with Crippen LogP contribution in [0.15, 0.2) is 30.3 Å². The van der Waals surface area contributed by atoms with Gasteiger partial charge in [-0.2, -0.15) is 18.3 Å². The Morgan fingerprint density at radius 1 is 1.32 bits per heavy atom. The standard InChI is InChI=1S/C12H9F3N4O.C2H6/c13-12(14,15)10-5-9(6-20)19(18-10)8-3-1-2-7(4-8)11(16)17;1-2/h1-6H,(H3,16,17);1-2H3. The highest BCUT2D eigenvalue weighted by Crippen LogP contribution is 2.29. The predicted molar refractivity (Wildman–Crippen MR) is 76.3 cm³/mol. The van der Waals surface area contributed by atoms with Crippen molar-refractivity contribution in [3.63, 3.8) is 0 Å². The van der Waals surface area contributed by atoms with Gasteiger partial charge in [0, 0.05) is 5.56 Å². The number of nitrogens with two attached hydrogens (primary N) is 1. The molecule has 5 nitrogen and oxygen atoms in total. The number of carbonyl (C=O) groups excluding carboxylic acids is 1. The Morgan fingerprint density at radius 2 is 1.95 bits per heavy atom. The zero-order valence-electron chi connectivity index (χ0n) is 12.0. The van der Waals surface area contributed by atoms with Crippen molar-refractivity contribution < 1.29 is 18.0 Å². The fourth-order valence-corrected chi connectivity index (χ4v) is 1.63. The number of hydrogen-bond donors (Lipinski definition) is 2. The summed E-state index contributed by atoms with van der Waals surface area (Å²) in [5.41, 5.74) is 4.45. The molecule has 0 fully saturated rings. The van der Waals surface area contributed by atoms with Gasteiger partial charge in [0.1, 0.15) is 11.5 Å². The lowest BCUT2D eigenvalue weighted by atomic mass is 10.2. The Kier molecular flexibility index (Phi) is 5.44. The third-order valence-corrected chi connectivity index (χ3v) is 2.55. The number of aldehydes is 1. The first-order valence-corrected chi connectivity index (χ1v) is 6.40. The highest BCUT2D eigenvalue weighted by atomic mass is 19.4. The SMILES string of the molecule is CC.N=C(N)c1cccc(-n2nc(C(F)(F)F)cc2C=O)c1. The molecule has 1 aromatic heterocycles. The summed E-state index contributed by atoms with van der Waals surface area (Å²) in [5, 5.41) is 10.7. The topological polar surface area (TPSA) is 84.8 Å². The average Bonchev–Trinajstić information content (AvgIpc) is 2.94. The number of alkyl halides is 3. The molecule has 0 saturated heterocycles. The van der Waals surface area contributed by atoms with Crippen molar-refractivity contribution in [2.75, 3.05) is 0 Å². The van der Waals surface area contributed by atoms with E-state index in [0.29, 0.717) is 11.6 Å². The Hall–Kier alpha value is -2.64. The molecular weight excluding hydrogens is 297 g/mol. The van der Waals surface area contributed by atoms with Crippen molar-refractivity contribution in [3.8, 4) is 5.69 Å². The zero-order valence-corrected chi connectivity index (χ0v) is 12.0. The van der Waals surface area contributed by atoms with E-state index in [1.807, 2.05) is 13.8 Å². The summed E-state index contributed by atoms with van der Waals surface area (Å²) in [6.45, 7) is 4.00. The number of rotatable bonds is 3. The van der Waals surface area contributed by atoms with Crippen LogP contribution in [0, 0.1) is 5.41 Å². The molecule has 2 aromatic rings. The summed E-state index contributed by atoms with van der Waals surface area (Å²) in [7, 11) is 0. The summed E-state index contributed by atoms with van der Waals surface area (Å²) < 4.78 is 38.6. The minimum absolute atomic E-state index is 0.218. The van der Waals surface area contributed by atoms with E-state index in [1.165, 1.54) is 24.3 Å². The minimum Gasteiger partial charge on any atom is -0.384 e. The molecule has 0 atom stereocenters. The van der Waals surface area contributed by atoms with Crippen LogP contribution in [-0.4, -0.2) is 21.9 Å². The van der Waals surface area contributed by atoms with E-state index < -0.39 is 11.9 Å². The van der Waals surface area contributed by atoms with Gasteiger partial charge in [-0.15, -0.1) is 0 Å². The number of halogens is 3. The molecule has 0 radical (unpaired) electrons. The molecule has 3 N–H and O–H groups in total. The molecule has 0 aliphatic carbocycles. The Labute approximate surface area is 125 Å². The molecule has 1 aromatic carbocycles. The predicted octanol–water partition coefficient (Wildman–Crippen LogP) is 3.01. The molecule has 0 saturated carbocycles. The van der Waals surface area contributed by atoms with E-state index in [4.69, 9.17) is 11.1 Å². The van der Waals surface area contributed by atoms with Gasteiger partial charge in [0.05, 0.1) is 5.69 Å². The van der Waals surface area contributed by atoms with Crippen LogP contribution in [0.5, 0.6) is 0 Å². The quantitative estimate of drug-likeness (QED) is 0.519. The molecule has 0 aliphatic rings. The van der Waals surface area contributed by atoms with Crippen molar-refractivity contribution in [3.05, 3.63) is 47.3 Å². The van der Waals surface area contributed by atoms with E-state index >= 15 is 0 Å².